The minimum Gasteiger partial charge on any atom is -0.349 e. The molecule has 0 saturated carbocycles. The molecule has 128 valence electrons. The van der Waals surface area contributed by atoms with Gasteiger partial charge in [0.1, 0.15) is 5.69 Å². The Morgan fingerprint density at radius 2 is 1.80 bits per heavy atom. The van der Waals surface area contributed by atoms with E-state index < -0.39 is 17.5 Å². The van der Waals surface area contributed by atoms with Gasteiger partial charge < -0.3 is 9.88 Å². The summed E-state index contributed by atoms with van der Waals surface area (Å²) in [4.78, 5) is 12.2. The molecular weight excluding hydrogens is 353 g/mol. The third-order valence-electron chi connectivity index (χ3n) is 4.50. The van der Waals surface area contributed by atoms with Crippen molar-refractivity contribution in [3.05, 3.63) is 58.0 Å². The number of aromatic nitrogens is 1. The first-order valence-electron chi connectivity index (χ1n) is 7.64. The maximum atomic E-state index is 13.7. The highest BCUT2D eigenvalue weighted by Crippen LogP contribution is 2.38. The summed E-state index contributed by atoms with van der Waals surface area (Å²) in [6.07, 6.45) is 0. The molecule has 4 rings (SSSR count). The van der Waals surface area contributed by atoms with Crippen molar-refractivity contribution in [2.45, 2.75) is 13.5 Å². The summed E-state index contributed by atoms with van der Waals surface area (Å²) >= 11 is 6.19. The highest BCUT2D eigenvalue weighted by molar-refractivity contribution is 6.32. The molecule has 0 saturated heterocycles. The van der Waals surface area contributed by atoms with E-state index >= 15 is 0 Å². The molecule has 0 bridgehead atoms. The van der Waals surface area contributed by atoms with Gasteiger partial charge in [-0.15, -0.1) is 0 Å². The largest absolute Gasteiger partial charge is 0.349 e. The van der Waals surface area contributed by atoms with Crippen LogP contribution in [0.4, 0.5) is 13.2 Å². The molecule has 1 amide bonds. The number of rotatable bonds is 1. The Morgan fingerprint density at radius 3 is 2.48 bits per heavy atom. The fourth-order valence-corrected chi connectivity index (χ4v) is 3.65. The normalized spacial score (nSPS) is 13.9. The van der Waals surface area contributed by atoms with Crippen LogP contribution in [0, 0.1) is 24.4 Å². The van der Waals surface area contributed by atoms with Crippen molar-refractivity contribution in [3.8, 4) is 11.1 Å². The van der Waals surface area contributed by atoms with Gasteiger partial charge in [0.15, 0.2) is 17.5 Å². The van der Waals surface area contributed by atoms with Gasteiger partial charge in [-0.1, -0.05) is 11.6 Å². The third-order valence-corrected chi connectivity index (χ3v) is 4.72. The molecule has 0 atom stereocenters. The summed E-state index contributed by atoms with van der Waals surface area (Å²) in [7, 11) is 0. The fraction of sp³-hybridized carbons (Fsp3) is 0.167. The standard InChI is InChI=1S/C18H12ClF3N2O/c1-8-11-6-10(19)7-12(9-4-13(20)15(22)14(21)5-9)17(11)24-3-2-23-18(25)16(8)24/h4-7H,2-3H2,1H3,(H,23,25). The summed E-state index contributed by atoms with van der Waals surface area (Å²) in [6.45, 7) is 2.76. The van der Waals surface area contributed by atoms with Crippen LogP contribution in [-0.4, -0.2) is 17.0 Å². The van der Waals surface area contributed by atoms with Gasteiger partial charge in [0.05, 0.1) is 5.52 Å². The average Bonchev–Trinajstić information content (AvgIpc) is 2.85. The first-order valence-corrected chi connectivity index (χ1v) is 8.01. The monoisotopic (exact) mass is 364 g/mol. The number of fused-ring (bicyclic) bond motifs is 3. The number of benzene rings is 2. The smallest absolute Gasteiger partial charge is 0.268 e. The van der Waals surface area contributed by atoms with Crippen molar-refractivity contribution in [1.29, 1.82) is 0 Å². The number of nitrogens with one attached hydrogen (secondary N) is 1. The maximum absolute atomic E-state index is 13.7. The van der Waals surface area contributed by atoms with Crippen LogP contribution in [0.2, 0.25) is 5.02 Å². The second-order valence-electron chi connectivity index (χ2n) is 5.98. The molecule has 2 aromatic carbocycles. The quantitative estimate of drug-likeness (QED) is 0.637. The fourth-order valence-electron chi connectivity index (χ4n) is 3.43. The Labute approximate surface area is 146 Å². The number of amides is 1. The van der Waals surface area contributed by atoms with Gasteiger partial charge in [0.2, 0.25) is 0 Å². The molecule has 0 fully saturated rings. The van der Waals surface area contributed by atoms with Crippen LogP contribution in [0.15, 0.2) is 24.3 Å². The zero-order chi connectivity index (χ0) is 17.9. The number of carbonyl (C=O) groups excluding carboxylic acids is 1. The van der Waals surface area contributed by atoms with Crippen molar-refractivity contribution >= 4 is 28.4 Å². The number of aryl methyl sites for hydroxylation is 1. The molecular formula is C18H12ClF3N2O. The van der Waals surface area contributed by atoms with Crippen molar-refractivity contribution in [3.63, 3.8) is 0 Å². The minimum absolute atomic E-state index is 0.162. The lowest BCUT2D eigenvalue weighted by molar-refractivity contribution is 0.0928. The van der Waals surface area contributed by atoms with Crippen LogP contribution in [0.25, 0.3) is 22.0 Å². The lowest BCUT2D eigenvalue weighted by atomic mass is 10.0. The van der Waals surface area contributed by atoms with Crippen LogP contribution in [0.5, 0.6) is 0 Å². The lowest BCUT2D eigenvalue weighted by Crippen LogP contribution is -2.35. The Bertz CT molecular complexity index is 1040. The van der Waals surface area contributed by atoms with E-state index in [9.17, 15) is 18.0 Å². The molecule has 0 aliphatic carbocycles. The second kappa shape index (κ2) is 5.52. The molecule has 1 aliphatic heterocycles. The number of hydrogen-bond acceptors (Lipinski definition) is 1. The Kier molecular flexibility index (Phi) is 3.54. The number of nitrogens with zero attached hydrogens (tertiary/aromatic N) is 1. The van der Waals surface area contributed by atoms with Crippen molar-refractivity contribution in [1.82, 2.24) is 9.88 Å². The van der Waals surface area contributed by atoms with Crippen LogP contribution >= 0.6 is 11.6 Å². The average molecular weight is 365 g/mol. The SMILES string of the molecule is Cc1c2n(c3c(-c4cc(F)c(F)c(F)c4)cc(Cl)cc13)CCNC2=O. The third kappa shape index (κ3) is 2.32. The molecule has 0 spiro atoms. The van der Waals surface area contributed by atoms with Gasteiger partial charge in [0.25, 0.3) is 5.91 Å². The Morgan fingerprint density at radius 1 is 1.12 bits per heavy atom. The summed E-state index contributed by atoms with van der Waals surface area (Å²) in [6, 6.07) is 5.14. The van der Waals surface area contributed by atoms with Crippen LogP contribution in [0.1, 0.15) is 16.1 Å². The molecule has 3 aromatic rings. The molecule has 2 heterocycles. The zero-order valence-electron chi connectivity index (χ0n) is 13.1. The summed E-state index contributed by atoms with van der Waals surface area (Å²) in [5.74, 6) is -4.28. The number of hydrogen-bond donors (Lipinski definition) is 1. The zero-order valence-corrected chi connectivity index (χ0v) is 13.8. The molecule has 1 aromatic heterocycles. The first kappa shape index (κ1) is 16.0. The van der Waals surface area contributed by atoms with Gasteiger partial charge in [-0.05, 0) is 42.3 Å². The molecule has 3 nitrogen and oxygen atoms in total. The minimum atomic E-state index is -1.52. The second-order valence-corrected chi connectivity index (χ2v) is 6.42. The van der Waals surface area contributed by atoms with E-state index in [4.69, 9.17) is 11.6 Å². The molecule has 7 heteroatoms. The number of carbonyl (C=O) groups is 1. The van der Waals surface area contributed by atoms with Gasteiger partial charge in [-0.3, -0.25) is 4.79 Å². The molecule has 1 aliphatic rings. The van der Waals surface area contributed by atoms with Crippen molar-refractivity contribution in [2.75, 3.05) is 6.54 Å². The summed E-state index contributed by atoms with van der Waals surface area (Å²) in [5, 5.41) is 3.86. The first-order chi connectivity index (χ1) is 11.9. The molecule has 25 heavy (non-hydrogen) atoms. The number of halogens is 4. The Hall–Kier alpha value is -2.47. The van der Waals surface area contributed by atoms with E-state index in [1.165, 1.54) is 0 Å². The topological polar surface area (TPSA) is 34.0 Å². The van der Waals surface area contributed by atoms with Gasteiger partial charge in [-0.2, -0.15) is 0 Å². The molecule has 0 unspecified atom stereocenters. The lowest BCUT2D eigenvalue weighted by Gasteiger charge is -2.18. The highest BCUT2D eigenvalue weighted by atomic mass is 35.5. The van der Waals surface area contributed by atoms with Crippen molar-refractivity contribution in [2.24, 2.45) is 0 Å². The predicted molar refractivity (Wildman–Crippen MR) is 89.3 cm³/mol. The van der Waals surface area contributed by atoms with Crippen LogP contribution in [-0.2, 0) is 6.54 Å². The van der Waals surface area contributed by atoms with Gasteiger partial charge in [0, 0.05) is 29.1 Å². The Balaban J connectivity index is 2.12. The molecule has 0 radical (unpaired) electrons. The van der Waals surface area contributed by atoms with E-state index in [-0.39, 0.29) is 11.5 Å². The summed E-state index contributed by atoms with van der Waals surface area (Å²) < 4.78 is 42.6. The van der Waals surface area contributed by atoms with Crippen LogP contribution < -0.4 is 5.32 Å². The predicted octanol–water partition coefficient (Wildman–Crippen LogP) is 4.43. The van der Waals surface area contributed by atoms with Gasteiger partial charge >= 0.3 is 0 Å². The maximum Gasteiger partial charge on any atom is 0.268 e. The molecule has 1 N–H and O–H groups in total. The highest BCUT2D eigenvalue weighted by Gasteiger charge is 2.26. The summed E-state index contributed by atoms with van der Waals surface area (Å²) in [5.41, 5.74) is 2.49. The van der Waals surface area contributed by atoms with Gasteiger partial charge in [-0.25, -0.2) is 13.2 Å². The van der Waals surface area contributed by atoms with E-state index in [1.807, 2.05) is 4.57 Å². The van der Waals surface area contributed by atoms with Crippen LogP contribution in [0.3, 0.4) is 0 Å². The van der Waals surface area contributed by atoms with E-state index in [0.29, 0.717) is 34.9 Å². The van der Waals surface area contributed by atoms with E-state index in [0.717, 1.165) is 23.1 Å². The van der Waals surface area contributed by atoms with E-state index in [1.54, 1.807) is 19.1 Å². The van der Waals surface area contributed by atoms with E-state index in [2.05, 4.69) is 5.32 Å². The van der Waals surface area contributed by atoms with Crippen molar-refractivity contribution < 1.29 is 18.0 Å².